The minimum Gasteiger partial charge on any atom is -0.355 e. The van der Waals surface area contributed by atoms with Crippen LogP contribution in [-0.4, -0.2) is 18.7 Å². The van der Waals surface area contributed by atoms with Crippen molar-refractivity contribution in [3.05, 3.63) is 60.3 Å². The number of carbonyl (C=O) groups excluding carboxylic acids is 1. The Morgan fingerprint density at radius 3 is 2.54 bits per heavy atom. The van der Waals surface area contributed by atoms with Gasteiger partial charge in [0.2, 0.25) is 5.91 Å². The summed E-state index contributed by atoms with van der Waals surface area (Å²) in [5, 5.41) is 10.4. The summed E-state index contributed by atoms with van der Waals surface area (Å²) in [5.41, 5.74) is 2.79. The number of rotatable bonds is 12. The number of unbranched alkanes of at least 4 members (excludes halogenated alkanes) is 3. The molecule has 1 atom stereocenters. The molecule has 1 unspecified atom stereocenters. The van der Waals surface area contributed by atoms with Crippen molar-refractivity contribution in [1.29, 1.82) is 5.41 Å². The molecular weight excluding hydrogens is 296 g/mol. The van der Waals surface area contributed by atoms with Gasteiger partial charge < -0.3 is 10.7 Å². The SMILES string of the molecule is C=C/C=C\C(C)=C/C(=C)/C(C)=C/C(C=N)C(=O)NCCCCCC. The molecule has 0 bridgehead atoms. The second-order valence-electron chi connectivity index (χ2n) is 5.90. The van der Waals surface area contributed by atoms with E-state index in [1.54, 1.807) is 12.2 Å². The second kappa shape index (κ2) is 13.3. The lowest BCUT2D eigenvalue weighted by atomic mass is 10.0. The predicted octanol–water partition coefficient (Wildman–Crippen LogP) is 5.14. The standard InChI is InChI=1S/C21H32N2O/c1-6-8-10-11-13-23-21(24)20(16-22)15-19(5)18(4)14-17(3)12-9-7-2/h7,9,12,14-16,20,22H,2,4,6,8,10-11,13H2,1,3,5H3,(H,23,24)/b12-9-,17-14-,19-15+,22-16?. The fourth-order valence-corrected chi connectivity index (χ4v) is 2.11. The molecule has 1 amide bonds. The van der Waals surface area contributed by atoms with Crippen LogP contribution in [0.3, 0.4) is 0 Å². The van der Waals surface area contributed by atoms with Gasteiger partial charge in [0, 0.05) is 12.8 Å². The van der Waals surface area contributed by atoms with Crippen LogP contribution in [0.1, 0.15) is 46.5 Å². The quantitative estimate of drug-likeness (QED) is 0.291. The van der Waals surface area contributed by atoms with Gasteiger partial charge in [0.25, 0.3) is 0 Å². The molecule has 0 radical (unpaired) electrons. The van der Waals surface area contributed by atoms with Crippen molar-refractivity contribution in [2.45, 2.75) is 46.5 Å². The molecule has 0 aromatic heterocycles. The summed E-state index contributed by atoms with van der Waals surface area (Å²) in [6, 6.07) is 0. The van der Waals surface area contributed by atoms with Crippen molar-refractivity contribution < 1.29 is 4.79 Å². The Kier molecular flexibility index (Phi) is 12.1. The van der Waals surface area contributed by atoms with Crippen molar-refractivity contribution in [2.75, 3.05) is 6.54 Å². The highest BCUT2D eigenvalue weighted by molar-refractivity contribution is 5.94. The van der Waals surface area contributed by atoms with Gasteiger partial charge in [-0.15, -0.1) is 0 Å². The zero-order chi connectivity index (χ0) is 18.4. The lowest BCUT2D eigenvalue weighted by molar-refractivity contribution is -0.121. The largest absolute Gasteiger partial charge is 0.355 e. The van der Waals surface area contributed by atoms with E-state index in [2.05, 4.69) is 25.4 Å². The lowest BCUT2D eigenvalue weighted by Gasteiger charge is -2.11. The number of hydrogen-bond acceptors (Lipinski definition) is 2. The molecule has 0 heterocycles. The number of carbonyl (C=O) groups is 1. The van der Waals surface area contributed by atoms with E-state index >= 15 is 0 Å². The first kappa shape index (κ1) is 21.8. The van der Waals surface area contributed by atoms with E-state index in [0.29, 0.717) is 6.54 Å². The van der Waals surface area contributed by atoms with Gasteiger partial charge in [-0.25, -0.2) is 0 Å². The topological polar surface area (TPSA) is 53.0 Å². The Labute approximate surface area is 147 Å². The van der Waals surface area contributed by atoms with Crippen LogP contribution in [0, 0.1) is 11.3 Å². The highest BCUT2D eigenvalue weighted by Crippen LogP contribution is 2.14. The molecule has 3 nitrogen and oxygen atoms in total. The highest BCUT2D eigenvalue weighted by atomic mass is 16.1. The molecule has 0 spiro atoms. The summed E-state index contributed by atoms with van der Waals surface area (Å²) in [7, 11) is 0. The zero-order valence-corrected chi connectivity index (χ0v) is 15.4. The molecule has 0 aromatic carbocycles. The van der Waals surface area contributed by atoms with Crippen LogP contribution in [0.4, 0.5) is 0 Å². The lowest BCUT2D eigenvalue weighted by Crippen LogP contribution is -2.31. The Morgan fingerprint density at radius 2 is 1.96 bits per heavy atom. The molecule has 3 heteroatoms. The fraction of sp³-hybridized carbons (Fsp3) is 0.429. The minimum absolute atomic E-state index is 0.124. The maximum atomic E-state index is 12.2. The molecule has 0 saturated heterocycles. The van der Waals surface area contributed by atoms with E-state index in [1.807, 2.05) is 32.1 Å². The van der Waals surface area contributed by atoms with E-state index in [-0.39, 0.29) is 5.91 Å². The third-order valence-corrected chi connectivity index (χ3v) is 3.65. The monoisotopic (exact) mass is 328 g/mol. The zero-order valence-electron chi connectivity index (χ0n) is 15.4. The van der Waals surface area contributed by atoms with Gasteiger partial charge >= 0.3 is 0 Å². The van der Waals surface area contributed by atoms with Crippen LogP contribution in [0.2, 0.25) is 0 Å². The van der Waals surface area contributed by atoms with Crippen LogP contribution >= 0.6 is 0 Å². The van der Waals surface area contributed by atoms with Gasteiger partial charge in [-0.1, -0.05) is 75.3 Å². The van der Waals surface area contributed by atoms with Gasteiger partial charge in [-0.2, -0.15) is 0 Å². The van der Waals surface area contributed by atoms with E-state index in [1.165, 1.54) is 19.1 Å². The minimum atomic E-state index is -0.551. The molecule has 2 N–H and O–H groups in total. The Morgan fingerprint density at radius 1 is 1.25 bits per heavy atom. The van der Waals surface area contributed by atoms with E-state index < -0.39 is 5.92 Å². The summed E-state index contributed by atoms with van der Waals surface area (Å²) in [6.07, 6.45) is 14.9. The molecule has 0 aliphatic rings. The van der Waals surface area contributed by atoms with Crippen molar-refractivity contribution in [2.24, 2.45) is 5.92 Å². The molecule has 0 aliphatic carbocycles. The molecule has 0 rings (SSSR count). The number of allylic oxidation sites excluding steroid dienone is 7. The van der Waals surface area contributed by atoms with E-state index in [0.717, 1.165) is 29.6 Å². The summed E-state index contributed by atoms with van der Waals surface area (Å²) in [4.78, 5) is 12.2. The smallest absolute Gasteiger partial charge is 0.232 e. The molecular formula is C21H32N2O. The van der Waals surface area contributed by atoms with Crippen LogP contribution in [0.15, 0.2) is 60.3 Å². The number of nitrogens with one attached hydrogen (secondary N) is 2. The van der Waals surface area contributed by atoms with Crippen molar-refractivity contribution >= 4 is 12.1 Å². The predicted molar refractivity (Wildman–Crippen MR) is 105 cm³/mol. The first-order valence-corrected chi connectivity index (χ1v) is 8.59. The highest BCUT2D eigenvalue weighted by Gasteiger charge is 2.13. The summed E-state index contributed by atoms with van der Waals surface area (Å²) >= 11 is 0. The van der Waals surface area contributed by atoms with Crippen LogP contribution in [0.25, 0.3) is 0 Å². The molecule has 24 heavy (non-hydrogen) atoms. The normalized spacial score (nSPS) is 13.6. The Hall–Kier alpha value is -2.16. The van der Waals surface area contributed by atoms with Gasteiger partial charge in [0.15, 0.2) is 0 Å². The van der Waals surface area contributed by atoms with Crippen molar-refractivity contribution in [3.8, 4) is 0 Å². The molecule has 0 aromatic rings. The van der Waals surface area contributed by atoms with Crippen LogP contribution in [0.5, 0.6) is 0 Å². The summed E-state index contributed by atoms with van der Waals surface area (Å²) < 4.78 is 0. The molecule has 0 fully saturated rings. The summed E-state index contributed by atoms with van der Waals surface area (Å²) in [5.74, 6) is -0.675. The molecule has 0 saturated carbocycles. The number of hydrogen-bond donors (Lipinski definition) is 2. The third kappa shape index (κ3) is 9.78. The van der Waals surface area contributed by atoms with E-state index in [9.17, 15) is 4.79 Å². The number of amides is 1. The van der Waals surface area contributed by atoms with Gasteiger partial charge in [-0.05, 0) is 31.4 Å². The third-order valence-electron chi connectivity index (χ3n) is 3.65. The van der Waals surface area contributed by atoms with Crippen molar-refractivity contribution in [3.63, 3.8) is 0 Å². The first-order chi connectivity index (χ1) is 11.5. The molecule has 0 aliphatic heterocycles. The van der Waals surface area contributed by atoms with Gasteiger partial charge in [-0.3, -0.25) is 4.79 Å². The van der Waals surface area contributed by atoms with Crippen LogP contribution in [-0.2, 0) is 4.79 Å². The maximum Gasteiger partial charge on any atom is 0.232 e. The van der Waals surface area contributed by atoms with Gasteiger partial charge in [0.1, 0.15) is 0 Å². The average molecular weight is 329 g/mol. The Bertz CT molecular complexity index is 524. The van der Waals surface area contributed by atoms with E-state index in [4.69, 9.17) is 5.41 Å². The Balaban J connectivity index is 4.70. The second-order valence-corrected chi connectivity index (χ2v) is 5.90. The molecule has 132 valence electrons. The average Bonchev–Trinajstić information content (AvgIpc) is 2.56. The van der Waals surface area contributed by atoms with Crippen LogP contribution < -0.4 is 5.32 Å². The van der Waals surface area contributed by atoms with Crippen molar-refractivity contribution in [1.82, 2.24) is 5.32 Å². The maximum absolute atomic E-state index is 12.2. The fourth-order valence-electron chi connectivity index (χ4n) is 2.11. The first-order valence-electron chi connectivity index (χ1n) is 8.59. The van der Waals surface area contributed by atoms with Gasteiger partial charge in [0.05, 0.1) is 5.92 Å². The summed E-state index contributed by atoms with van der Waals surface area (Å²) in [6.45, 7) is 14.4.